The molecule has 1 amide bonds. The Morgan fingerprint density at radius 2 is 2.00 bits per heavy atom. The molecule has 2 aromatic rings. The molecule has 92 valence electrons. The van der Waals surface area contributed by atoms with Crippen LogP contribution in [0.5, 0.6) is 0 Å². The number of anilines is 1. The van der Waals surface area contributed by atoms with E-state index in [4.69, 9.17) is 0 Å². The summed E-state index contributed by atoms with van der Waals surface area (Å²) >= 11 is 1.62. The van der Waals surface area contributed by atoms with Crippen molar-refractivity contribution in [1.82, 2.24) is 0 Å². The van der Waals surface area contributed by atoms with Gasteiger partial charge in [-0.25, -0.2) is 0 Å². The normalized spacial score (nSPS) is 10.7. The molecule has 0 aliphatic rings. The zero-order valence-corrected chi connectivity index (χ0v) is 11.1. The minimum absolute atomic E-state index is 0.0112. The molecule has 0 aliphatic carbocycles. The highest BCUT2D eigenvalue weighted by Crippen LogP contribution is 2.15. The molecule has 0 bridgehead atoms. The summed E-state index contributed by atoms with van der Waals surface area (Å²) in [6, 6.07) is 13.7. The van der Waals surface area contributed by atoms with Crippen LogP contribution in [0.4, 0.5) is 5.69 Å². The minimum Gasteiger partial charge on any atom is -0.309 e. The van der Waals surface area contributed by atoms with Crippen LogP contribution in [0.25, 0.3) is 6.08 Å². The zero-order valence-electron chi connectivity index (χ0n) is 10.2. The topological polar surface area (TPSA) is 20.3 Å². The van der Waals surface area contributed by atoms with E-state index in [1.54, 1.807) is 22.3 Å². The van der Waals surface area contributed by atoms with Crippen molar-refractivity contribution in [3.05, 3.63) is 58.8 Å². The maximum absolute atomic E-state index is 12.1. The zero-order chi connectivity index (χ0) is 12.8. The highest BCUT2D eigenvalue weighted by Gasteiger charge is 2.09. The first-order valence-electron chi connectivity index (χ1n) is 5.89. The fourth-order valence-corrected chi connectivity index (χ4v) is 2.32. The van der Waals surface area contributed by atoms with Gasteiger partial charge in [0.15, 0.2) is 0 Å². The van der Waals surface area contributed by atoms with Crippen molar-refractivity contribution in [2.24, 2.45) is 0 Å². The lowest BCUT2D eigenvalue weighted by Crippen LogP contribution is -2.28. The van der Waals surface area contributed by atoms with Gasteiger partial charge in [0, 0.05) is 23.2 Å². The van der Waals surface area contributed by atoms with Crippen molar-refractivity contribution >= 4 is 29.0 Å². The van der Waals surface area contributed by atoms with Gasteiger partial charge in [-0.2, -0.15) is 0 Å². The van der Waals surface area contributed by atoms with Crippen LogP contribution >= 0.6 is 11.3 Å². The predicted octanol–water partition coefficient (Wildman–Crippen LogP) is 3.81. The third-order valence-corrected chi connectivity index (χ3v) is 3.42. The summed E-state index contributed by atoms with van der Waals surface area (Å²) in [6.45, 7) is 2.64. The first-order valence-corrected chi connectivity index (χ1v) is 6.77. The molecule has 3 heteroatoms. The lowest BCUT2D eigenvalue weighted by atomic mass is 10.2. The van der Waals surface area contributed by atoms with E-state index in [0.717, 1.165) is 10.6 Å². The van der Waals surface area contributed by atoms with E-state index in [9.17, 15) is 4.79 Å². The average Bonchev–Trinajstić information content (AvgIpc) is 2.92. The molecule has 0 atom stereocenters. The molecule has 2 rings (SSSR count). The molecular weight excluding hydrogens is 242 g/mol. The van der Waals surface area contributed by atoms with E-state index in [1.807, 2.05) is 60.8 Å². The van der Waals surface area contributed by atoms with Gasteiger partial charge in [0.2, 0.25) is 0 Å². The summed E-state index contributed by atoms with van der Waals surface area (Å²) in [6.07, 6.45) is 3.49. The summed E-state index contributed by atoms with van der Waals surface area (Å²) in [7, 11) is 0. The van der Waals surface area contributed by atoms with E-state index >= 15 is 0 Å². The minimum atomic E-state index is 0.0112. The number of amides is 1. The van der Waals surface area contributed by atoms with Crippen LogP contribution < -0.4 is 4.90 Å². The van der Waals surface area contributed by atoms with Crippen molar-refractivity contribution in [1.29, 1.82) is 0 Å². The quantitative estimate of drug-likeness (QED) is 0.763. The number of thiophene rings is 1. The molecule has 0 unspecified atom stereocenters. The van der Waals surface area contributed by atoms with Gasteiger partial charge in [0.05, 0.1) is 0 Å². The molecule has 0 saturated heterocycles. The number of hydrogen-bond donors (Lipinski definition) is 0. The van der Waals surface area contributed by atoms with Gasteiger partial charge >= 0.3 is 0 Å². The van der Waals surface area contributed by atoms with Crippen molar-refractivity contribution in [3.63, 3.8) is 0 Å². The molecule has 2 nitrogen and oxygen atoms in total. The van der Waals surface area contributed by atoms with Gasteiger partial charge in [-0.3, -0.25) is 4.79 Å². The lowest BCUT2D eigenvalue weighted by molar-refractivity contribution is -0.114. The highest BCUT2D eigenvalue weighted by atomic mass is 32.1. The lowest BCUT2D eigenvalue weighted by Gasteiger charge is -2.18. The highest BCUT2D eigenvalue weighted by molar-refractivity contribution is 7.10. The van der Waals surface area contributed by atoms with Gasteiger partial charge < -0.3 is 4.90 Å². The molecular formula is C15H15NOS. The Morgan fingerprint density at radius 3 is 2.61 bits per heavy atom. The number of rotatable bonds is 4. The molecule has 0 aliphatic heterocycles. The summed E-state index contributed by atoms with van der Waals surface area (Å²) in [5, 5.41) is 2.00. The van der Waals surface area contributed by atoms with Gasteiger partial charge in [0.25, 0.3) is 5.91 Å². The second-order valence-corrected chi connectivity index (χ2v) is 4.75. The maximum atomic E-state index is 12.1. The van der Waals surface area contributed by atoms with Crippen molar-refractivity contribution in [2.75, 3.05) is 11.4 Å². The van der Waals surface area contributed by atoms with Crippen molar-refractivity contribution < 1.29 is 4.79 Å². The van der Waals surface area contributed by atoms with Crippen LogP contribution in [0.15, 0.2) is 53.9 Å². The van der Waals surface area contributed by atoms with E-state index in [1.165, 1.54) is 0 Å². The fraction of sp³-hybridized carbons (Fsp3) is 0.133. The number of hydrogen-bond acceptors (Lipinski definition) is 2. The fourth-order valence-electron chi connectivity index (χ4n) is 1.70. The van der Waals surface area contributed by atoms with E-state index < -0.39 is 0 Å². The van der Waals surface area contributed by atoms with Gasteiger partial charge in [-0.05, 0) is 36.6 Å². The van der Waals surface area contributed by atoms with E-state index in [-0.39, 0.29) is 5.91 Å². The molecule has 18 heavy (non-hydrogen) atoms. The molecule has 0 saturated carbocycles. The number of nitrogens with zero attached hydrogens (tertiary/aromatic N) is 1. The summed E-state index contributed by atoms with van der Waals surface area (Å²) in [5.41, 5.74) is 0.931. The Bertz CT molecular complexity index is 517. The standard InChI is InChI=1S/C15H15NOS/c1-2-16(13-7-4-3-5-8-13)15(17)11-10-14-9-6-12-18-14/h3-12H,2H2,1H3. The number of likely N-dealkylation sites (N-methyl/N-ethyl adjacent to an activating group) is 1. The summed E-state index contributed by atoms with van der Waals surface area (Å²) < 4.78 is 0. The van der Waals surface area contributed by atoms with E-state index in [0.29, 0.717) is 6.54 Å². The summed E-state index contributed by atoms with van der Waals surface area (Å²) in [4.78, 5) is 15.0. The monoisotopic (exact) mass is 257 g/mol. The van der Waals surface area contributed by atoms with Crippen molar-refractivity contribution in [2.45, 2.75) is 6.92 Å². The van der Waals surface area contributed by atoms with Gasteiger partial charge in [-0.1, -0.05) is 24.3 Å². The smallest absolute Gasteiger partial charge is 0.251 e. The average molecular weight is 257 g/mol. The molecule has 1 heterocycles. The van der Waals surface area contributed by atoms with Crippen LogP contribution in [0, 0.1) is 0 Å². The number of carbonyl (C=O) groups is 1. The first-order chi connectivity index (χ1) is 8.81. The number of para-hydroxylation sites is 1. The van der Waals surface area contributed by atoms with Crippen LogP contribution in [-0.2, 0) is 4.79 Å². The van der Waals surface area contributed by atoms with Gasteiger partial charge in [-0.15, -0.1) is 11.3 Å². The first kappa shape index (κ1) is 12.6. The summed E-state index contributed by atoms with van der Waals surface area (Å²) in [5.74, 6) is 0.0112. The third kappa shape index (κ3) is 3.08. The number of carbonyl (C=O) groups excluding carboxylic acids is 1. The Balaban J connectivity index is 2.11. The van der Waals surface area contributed by atoms with Crippen molar-refractivity contribution in [3.8, 4) is 0 Å². The van der Waals surface area contributed by atoms with Crippen LogP contribution in [0.2, 0.25) is 0 Å². The van der Waals surface area contributed by atoms with Crippen LogP contribution in [0.3, 0.4) is 0 Å². The second kappa shape index (κ2) is 6.17. The molecule has 1 aromatic carbocycles. The number of benzene rings is 1. The second-order valence-electron chi connectivity index (χ2n) is 3.77. The van der Waals surface area contributed by atoms with Crippen LogP contribution in [-0.4, -0.2) is 12.5 Å². The largest absolute Gasteiger partial charge is 0.309 e. The molecule has 0 radical (unpaired) electrons. The Morgan fingerprint density at radius 1 is 1.22 bits per heavy atom. The maximum Gasteiger partial charge on any atom is 0.251 e. The predicted molar refractivity (Wildman–Crippen MR) is 77.8 cm³/mol. The Hall–Kier alpha value is -1.87. The Kier molecular flexibility index (Phi) is 4.31. The van der Waals surface area contributed by atoms with E-state index in [2.05, 4.69) is 0 Å². The molecule has 1 aromatic heterocycles. The molecule has 0 fully saturated rings. The molecule has 0 spiro atoms. The SMILES string of the molecule is CCN(C(=O)C=Cc1cccs1)c1ccccc1. The molecule has 0 N–H and O–H groups in total. The Labute approximate surface area is 111 Å². The van der Waals surface area contributed by atoms with Gasteiger partial charge in [0.1, 0.15) is 0 Å². The van der Waals surface area contributed by atoms with Crippen LogP contribution in [0.1, 0.15) is 11.8 Å². The third-order valence-electron chi connectivity index (χ3n) is 2.58.